The van der Waals surface area contributed by atoms with Gasteiger partial charge in [0.2, 0.25) is 15.9 Å². The molecular formula is C16H24N2O3S. The van der Waals surface area contributed by atoms with E-state index in [0.717, 1.165) is 6.42 Å². The van der Waals surface area contributed by atoms with Crippen LogP contribution in [-0.2, 0) is 20.6 Å². The minimum absolute atomic E-state index is 0.00723. The molecule has 0 aliphatic heterocycles. The Hall–Kier alpha value is -1.40. The summed E-state index contributed by atoms with van der Waals surface area (Å²) in [5, 5.41) is 7.89. The third-order valence-electron chi connectivity index (χ3n) is 4.20. The van der Waals surface area contributed by atoms with E-state index < -0.39 is 10.0 Å². The second-order valence-electron chi connectivity index (χ2n) is 6.28. The van der Waals surface area contributed by atoms with Gasteiger partial charge >= 0.3 is 0 Å². The van der Waals surface area contributed by atoms with Crippen molar-refractivity contribution in [3.8, 4) is 0 Å². The maximum absolute atomic E-state index is 12.2. The van der Waals surface area contributed by atoms with Gasteiger partial charge in [-0.1, -0.05) is 44.7 Å². The van der Waals surface area contributed by atoms with Crippen molar-refractivity contribution in [3.63, 3.8) is 0 Å². The Kier molecular flexibility index (Phi) is 5.58. The molecule has 1 aliphatic rings. The van der Waals surface area contributed by atoms with E-state index in [1.54, 1.807) is 24.3 Å². The van der Waals surface area contributed by atoms with Crippen LogP contribution in [0.25, 0.3) is 0 Å². The summed E-state index contributed by atoms with van der Waals surface area (Å²) in [6.07, 6.45) is 5.98. The zero-order valence-corrected chi connectivity index (χ0v) is 13.7. The third-order valence-corrected chi connectivity index (χ3v) is 4.93. The first-order valence-corrected chi connectivity index (χ1v) is 9.45. The van der Waals surface area contributed by atoms with Gasteiger partial charge in [-0.2, -0.15) is 0 Å². The largest absolute Gasteiger partial charge is 0.326 e. The van der Waals surface area contributed by atoms with Crippen molar-refractivity contribution >= 4 is 21.6 Å². The Bertz CT molecular complexity index is 605. The zero-order valence-electron chi connectivity index (χ0n) is 12.9. The minimum atomic E-state index is -3.53. The van der Waals surface area contributed by atoms with Crippen LogP contribution in [0.15, 0.2) is 24.3 Å². The molecule has 6 heteroatoms. The van der Waals surface area contributed by atoms with Crippen molar-refractivity contribution in [3.05, 3.63) is 29.8 Å². The van der Waals surface area contributed by atoms with Crippen LogP contribution in [0.5, 0.6) is 0 Å². The molecule has 1 saturated carbocycles. The van der Waals surface area contributed by atoms with E-state index in [9.17, 15) is 13.2 Å². The average molecular weight is 324 g/mol. The van der Waals surface area contributed by atoms with Crippen LogP contribution in [-0.4, -0.2) is 14.3 Å². The summed E-state index contributed by atoms with van der Waals surface area (Å²) in [6.45, 7) is 1.96. The fourth-order valence-electron chi connectivity index (χ4n) is 3.04. The van der Waals surface area contributed by atoms with Crippen LogP contribution in [0.1, 0.15) is 44.6 Å². The van der Waals surface area contributed by atoms with E-state index in [2.05, 4.69) is 5.32 Å². The lowest BCUT2D eigenvalue weighted by Crippen LogP contribution is -2.22. The normalized spacial score (nSPS) is 17.4. The van der Waals surface area contributed by atoms with E-state index in [0.29, 0.717) is 17.2 Å². The second kappa shape index (κ2) is 7.24. The van der Waals surface area contributed by atoms with Crippen molar-refractivity contribution < 1.29 is 13.2 Å². The predicted molar refractivity (Wildman–Crippen MR) is 87.6 cm³/mol. The van der Waals surface area contributed by atoms with Crippen molar-refractivity contribution in [1.29, 1.82) is 0 Å². The van der Waals surface area contributed by atoms with E-state index in [1.165, 1.54) is 25.7 Å². The SMILES string of the molecule is CC(CC1CCCC1)C(=O)Nc1ccc(CS(N)(=O)=O)cc1. The topological polar surface area (TPSA) is 89.3 Å². The quantitative estimate of drug-likeness (QED) is 0.843. The summed E-state index contributed by atoms with van der Waals surface area (Å²) in [4.78, 5) is 12.2. The predicted octanol–water partition coefficient (Wildman–Crippen LogP) is 2.63. The van der Waals surface area contributed by atoms with Gasteiger partial charge in [0.05, 0.1) is 5.75 Å². The van der Waals surface area contributed by atoms with Crippen molar-refractivity contribution in [1.82, 2.24) is 0 Å². The molecular weight excluding hydrogens is 300 g/mol. The van der Waals surface area contributed by atoms with E-state index in [4.69, 9.17) is 5.14 Å². The molecule has 1 aromatic rings. The number of sulfonamides is 1. The number of benzene rings is 1. The fraction of sp³-hybridized carbons (Fsp3) is 0.562. The third kappa shape index (κ3) is 5.42. The number of anilines is 1. The van der Waals surface area contributed by atoms with E-state index in [-0.39, 0.29) is 17.6 Å². The minimum Gasteiger partial charge on any atom is -0.326 e. The summed E-state index contributed by atoms with van der Waals surface area (Å²) in [7, 11) is -3.53. The number of nitrogens with two attached hydrogens (primary N) is 1. The van der Waals surface area contributed by atoms with Crippen molar-refractivity contribution in [2.45, 2.75) is 44.8 Å². The molecule has 122 valence electrons. The zero-order chi connectivity index (χ0) is 16.2. The molecule has 1 unspecified atom stereocenters. The van der Waals surface area contributed by atoms with Gasteiger partial charge in [-0.3, -0.25) is 4.79 Å². The number of nitrogens with one attached hydrogen (secondary N) is 1. The molecule has 0 saturated heterocycles. The first-order valence-electron chi connectivity index (χ1n) is 7.74. The fourth-order valence-corrected chi connectivity index (χ4v) is 3.69. The van der Waals surface area contributed by atoms with E-state index >= 15 is 0 Å². The lowest BCUT2D eigenvalue weighted by Gasteiger charge is -2.16. The highest BCUT2D eigenvalue weighted by molar-refractivity contribution is 7.88. The van der Waals surface area contributed by atoms with Crippen molar-refractivity contribution in [2.24, 2.45) is 17.0 Å². The molecule has 0 heterocycles. The molecule has 5 nitrogen and oxygen atoms in total. The standard InChI is InChI=1S/C16H24N2O3S/c1-12(10-13-4-2-3-5-13)16(19)18-15-8-6-14(7-9-15)11-22(17,20)21/h6-9,12-13H,2-5,10-11H2,1H3,(H,18,19)(H2,17,20,21). The number of amides is 1. The van der Waals surface area contributed by atoms with Crippen LogP contribution >= 0.6 is 0 Å². The Morgan fingerprint density at radius 2 is 1.86 bits per heavy atom. The molecule has 1 amide bonds. The highest BCUT2D eigenvalue weighted by Gasteiger charge is 2.21. The lowest BCUT2D eigenvalue weighted by atomic mass is 9.94. The summed E-state index contributed by atoms with van der Waals surface area (Å²) in [6, 6.07) is 6.75. The highest BCUT2D eigenvalue weighted by atomic mass is 32.2. The van der Waals surface area contributed by atoms with Gasteiger partial charge in [-0.05, 0) is 30.0 Å². The number of carbonyl (C=O) groups excluding carboxylic acids is 1. The summed E-state index contributed by atoms with van der Waals surface area (Å²) < 4.78 is 22.1. The molecule has 0 radical (unpaired) electrons. The molecule has 1 aromatic carbocycles. The number of primary sulfonamides is 1. The summed E-state index contributed by atoms with van der Waals surface area (Å²) in [5.74, 6) is 0.496. The van der Waals surface area contributed by atoms with Crippen LogP contribution in [0.2, 0.25) is 0 Å². The first-order chi connectivity index (χ1) is 10.3. The van der Waals surface area contributed by atoms with Gasteiger partial charge in [0.25, 0.3) is 0 Å². The molecule has 1 aliphatic carbocycles. The van der Waals surface area contributed by atoms with E-state index in [1.807, 2.05) is 6.92 Å². The van der Waals surface area contributed by atoms with Gasteiger partial charge in [0, 0.05) is 11.6 Å². The summed E-state index contributed by atoms with van der Waals surface area (Å²) >= 11 is 0. The monoisotopic (exact) mass is 324 g/mol. The molecule has 0 aromatic heterocycles. The number of hydrogen-bond donors (Lipinski definition) is 2. The number of hydrogen-bond acceptors (Lipinski definition) is 3. The van der Waals surface area contributed by atoms with Gasteiger partial charge in [0.1, 0.15) is 0 Å². The van der Waals surface area contributed by atoms with Gasteiger partial charge in [-0.25, -0.2) is 13.6 Å². The first kappa shape index (κ1) is 17.0. The van der Waals surface area contributed by atoms with Crippen LogP contribution in [0, 0.1) is 11.8 Å². The molecule has 0 spiro atoms. The summed E-state index contributed by atoms with van der Waals surface area (Å²) in [5.41, 5.74) is 1.29. The maximum atomic E-state index is 12.2. The molecule has 3 N–H and O–H groups in total. The average Bonchev–Trinajstić information content (AvgIpc) is 2.92. The van der Waals surface area contributed by atoms with Gasteiger partial charge < -0.3 is 5.32 Å². The number of carbonyl (C=O) groups is 1. The smallest absolute Gasteiger partial charge is 0.227 e. The Balaban J connectivity index is 1.88. The number of rotatable bonds is 6. The Morgan fingerprint density at radius 1 is 1.27 bits per heavy atom. The molecule has 1 atom stereocenters. The van der Waals surface area contributed by atoms with Gasteiger partial charge in [-0.15, -0.1) is 0 Å². The lowest BCUT2D eigenvalue weighted by molar-refractivity contribution is -0.119. The Labute approximate surface area is 132 Å². The van der Waals surface area contributed by atoms with Crippen LogP contribution in [0.4, 0.5) is 5.69 Å². The molecule has 1 fully saturated rings. The molecule has 22 heavy (non-hydrogen) atoms. The molecule has 0 bridgehead atoms. The maximum Gasteiger partial charge on any atom is 0.227 e. The second-order valence-corrected chi connectivity index (χ2v) is 7.90. The van der Waals surface area contributed by atoms with Crippen molar-refractivity contribution in [2.75, 3.05) is 5.32 Å². The van der Waals surface area contributed by atoms with Crippen LogP contribution < -0.4 is 10.5 Å². The highest BCUT2D eigenvalue weighted by Crippen LogP contribution is 2.30. The van der Waals surface area contributed by atoms with Crippen LogP contribution in [0.3, 0.4) is 0 Å². The van der Waals surface area contributed by atoms with Gasteiger partial charge in [0.15, 0.2) is 0 Å². The Morgan fingerprint density at radius 3 is 2.41 bits per heavy atom. The molecule has 2 rings (SSSR count).